The molecule has 8 nitrogen and oxygen atoms in total. The predicted molar refractivity (Wildman–Crippen MR) is 134 cm³/mol. The van der Waals surface area contributed by atoms with Gasteiger partial charge in [0, 0.05) is 30.3 Å². The Bertz CT molecular complexity index is 1090. The summed E-state index contributed by atoms with van der Waals surface area (Å²) >= 11 is 6.10. The van der Waals surface area contributed by atoms with Crippen LogP contribution in [0.1, 0.15) is 41.6 Å². The van der Waals surface area contributed by atoms with Gasteiger partial charge in [-0.2, -0.15) is 0 Å². The van der Waals surface area contributed by atoms with E-state index >= 15 is 0 Å². The first-order valence-corrected chi connectivity index (χ1v) is 12.3. The third kappa shape index (κ3) is 5.94. The molecule has 0 aromatic heterocycles. The van der Waals surface area contributed by atoms with E-state index in [1.807, 2.05) is 24.3 Å². The van der Waals surface area contributed by atoms with Crippen LogP contribution >= 0.6 is 11.6 Å². The minimum Gasteiger partial charge on any atom is -0.496 e. The van der Waals surface area contributed by atoms with E-state index in [4.69, 9.17) is 22.1 Å². The number of rotatable bonds is 7. The maximum absolute atomic E-state index is 13.2. The summed E-state index contributed by atoms with van der Waals surface area (Å²) in [6.07, 6.45) is 3.14. The average Bonchev–Trinajstić information content (AvgIpc) is 3.35. The smallest absolute Gasteiger partial charge is 0.258 e. The molecule has 2 aromatic rings. The van der Waals surface area contributed by atoms with Gasteiger partial charge in [-0.25, -0.2) is 0 Å². The molecule has 2 saturated heterocycles. The number of nitrogens with two attached hydrogens (primary N) is 1. The van der Waals surface area contributed by atoms with Crippen LogP contribution in [0, 0.1) is 5.92 Å². The lowest BCUT2D eigenvalue weighted by molar-refractivity contribution is -0.123. The Hall–Kier alpha value is -3.10. The Morgan fingerprint density at radius 3 is 2.54 bits per heavy atom. The standard InChI is InChI=1S/C26H31ClN4O4/c1-35-23-11-8-19(27)14-21(23)26(34)31-13-3-5-22(31)25(33)29-20-9-6-17(7-10-20)15-30-12-2-4-18(16-30)24(28)32/h6-11,14,18,22H,2-5,12-13,15-16H2,1H3,(H2,28,32)(H,29,33)/t18-,22+/m1/s1. The Kier molecular flexibility index (Phi) is 7.93. The lowest BCUT2D eigenvalue weighted by Gasteiger charge is -2.31. The second-order valence-corrected chi connectivity index (χ2v) is 9.60. The Balaban J connectivity index is 1.38. The molecule has 3 N–H and O–H groups in total. The molecule has 2 aliphatic rings. The fourth-order valence-electron chi connectivity index (χ4n) is 4.89. The highest BCUT2D eigenvalue weighted by Crippen LogP contribution is 2.28. The van der Waals surface area contributed by atoms with Crippen molar-refractivity contribution in [3.63, 3.8) is 0 Å². The molecule has 2 atom stereocenters. The average molecular weight is 499 g/mol. The zero-order valence-corrected chi connectivity index (χ0v) is 20.6. The number of nitrogens with zero attached hydrogens (tertiary/aromatic N) is 2. The summed E-state index contributed by atoms with van der Waals surface area (Å²) in [4.78, 5) is 41.6. The maximum Gasteiger partial charge on any atom is 0.258 e. The molecule has 0 aliphatic carbocycles. The Labute approximate surface area is 210 Å². The van der Waals surface area contributed by atoms with Crippen LogP contribution in [0.4, 0.5) is 5.69 Å². The van der Waals surface area contributed by atoms with Crippen molar-refractivity contribution in [1.82, 2.24) is 9.80 Å². The van der Waals surface area contributed by atoms with Crippen molar-refractivity contribution in [2.45, 2.75) is 38.3 Å². The van der Waals surface area contributed by atoms with Gasteiger partial charge in [-0.15, -0.1) is 0 Å². The lowest BCUT2D eigenvalue weighted by Crippen LogP contribution is -2.43. The highest BCUT2D eigenvalue weighted by atomic mass is 35.5. The van der Waals surface area contributed by atoms with E-state index in [0.717, 1.165) is 37.9 Å². The molecular weight excluding hydrogens is 468 g/mol. The van der Waals surface area contributed by atoms with Crippen LogP contribution < -0.4 is 15.8 Å². The zero-order chi connectivity index (χ0) is 24.9. The fraction of sp³-hybridized carbons (Fsp3) is 0.423. The summed E-state index contributed by atoms with van der Waals surface area (Å²) in [6, 6.07) is 12.0. The summed E-state index contributed by atoms with van der Waals surface area (Å²) in [5.74, 6) is -0.387. The summed E-state index contributed by atoms with van der Waals surface area (Å²) < 4.78 is 5.32. The van der Waals surface area contributed by atoms with Gasteiger partial charge in [0.1, 0.15) is 11.8 Å². The van der Waals surface area contributed by atoms with Gasteiger partial charge >= 0.3 is 0 Å². The number of carbonyl (C=O) groups is 3. The van der Waals surface area contributed by atoms with Gasteiger partial charge < -0.3 is 20.7 Å². The van der Waals surface area contributed by atoms with E-state index in [2.05, 4.69) is 10.2 Å². The van der Waals surface area contributed by atoms with Gasteiger partial charge in [0.05, 0.1) is 18.6 Å². The maximum atomic E-state index is 13.2. The molecule has 2 aromatic carbocycles. The first-order valence-electron chi connectivity index (χ1n) is 11.9. The molecule has 35 heavy (non-hydrogen) atoms. The van der Waals surface area contributed by atoms with Crippen molar-refractivity contribution in [3.05, 3.63) is 58.6 Å². The molecule has 2 fully saturated rings. The van der Waals surface area contributed by atoms with E-state index < -0.39 is 6.04 Å². The number of anilines is 1. The van der Waals surface area contributed by atoms with Crippen LogP contribution in [0.25, 0.3) is 0 Å². The van der Waals surface area contributed by atoms with Crippen LogP contribution in [-0.4, -0.2) is 60.3 Å². The molecule has 3 amide bonds. The van der Waals surface area contributed by atoms with Gasteiger partial charge in [0.2, 0.25) is 11.8 Å². The van der Waals surface area contributed by atoms with Gasteiger partial charge in [0.15, 0.2) is 0 Å². The van der Waals surface area contributed by atoms with Crippen molar-refractivity contribution in [2.24, 2.45) is 11.7 Å². The SMILES string of the molecule is COc1ccc(Cl)cc1C(=O)N1CCC[C@H]1C(=O)Nc1ccc(CN2CCC[C@@H](C(N)=O)C2)cc1. The number of ether oxygens (including phenoxy) is 1. The number of carbonyl (C=O) groups excluding carboxylic acids is 3. The predicted octanol–water partition coefficient (Wildman–Crippen LogP) is 3.29. The first kappa shape index (κ1) is 25.0. The number of amides is 3. The van der Waals surface area contributed by atoms with Crippen LogP contribution in [0.3, 0.4) is 0 Å². The molecule has 9 heteroatoms. The monoisotopic (exact) mass is 498 g/mol. The highest BCUT2D eigenvalue weighted by Gasteiger charge is 2.35. The largest absolute Gasteiger partial charge is 0.496 e. The van der Waals surface area contributed by atoms with Crippen molar-refractivity contribution in [2.75, 3.05) is 32.1 Å². The molecule has 0 unspecified atom stereocenters. The molecule has 0 spiro atoms. The van der Waals surface area contributed by atoms with Crippen molar-refractivity contribution in [1.29, 1.82) is 0 Å². The normalized spacial score (nSPS) is 20.5. The Morgan fingerprint density at radius 2 is 1.83 bits per heavy atom. The van der Waals surface area contributed by atoms with E-state index in [9.17, 15) is 14.4 Å². The second kappa shape index (κ2) is 11.1. The highest BCUT2D eigenvalue weighted by molar-refractivity contribution is 6.31. The molecule has 4 rings (SSSR count). The number of methoxy groups -OCH3 is 1. The topological polar surface area (TPSA) is 105 Å². The number of likely N-dealkylation sites (tertiary alicyclic amines) is 2. The molecule has 0 saturated carbocycles. The third-order valence-electron chi connectivity index (χ3n) is 6.74. The van der Waals surface area contributed by atoms with Gasteiger partial charge in [-0.1, -0.05) is 23.7 Å². The lowest BCUT2D eigenvalue weighted by atomic mass is 9.97. The zero-order valence-electron chi connectivity index (χ0n) is 19.8. The number of benzene rings is 2. The number of primary amides is 1. The number of halogens is 1. The first-order chi connectivity index (χ1) is 16.9. The summed E-state index contributed by atoms with van der Waals surface area (Å²) in [5, 5.41) is 3.38. The molecular formula is C26H31ClN4O4. The molecule has 0 bridgehead atoms. The van der Waals surface area contributed by atoms with E-state index in [-0.39, 0.29) is 23.6 Å². The molecule has 0 radical (unpaired) electrons. The third-order valence-corrected chi connectivity index (χ3v) is 6.98. The quantitative estimate of drug-likeness (QED) is 0.609. The number of hydrogen-bond acceptors (Lipinski definition) is 5. The van der Waals surface area contributed by atoms with Gasteiger partial charge in [-0.05, 0) is 68.1 Å². The van der Waals surface area contributed by atoms with Crippen LogP contribution in [-0.2, 0) is 16.1 Å². The van der Waals surface area contributed by atoms with Gasteiger partial charge in [0.25, 0.3) is 5.91 Å². The second-order valence-electron chi connectivity index (χ2n) is 9.16. The summed E-state index contributed by atoms with van der Waals surface area (Å²) in [5.41, 5.74) is 7.60. The summed E-state index contributed by atoms with van der Waals surface area (Å²) in [7, 11) is 1.50. The fourth-order valence-corrected chi connectivity index (χ4v) is 5.07. The van der Waals surface area contributed by atoms with E-state index in [1.54, 1.807) is 23.1 Å². The van der Waals surface area contributed by atoms with Crippen LogP contribution in [0.5, 0.6) is 5.75 Å². The van der Waals surface area contributed by atoms with Crippen molar-refractivity contribution < 1.29 is 19.1 Å². The van der Waals surface area contributed by atoms with Crippen molar-refractivity contribution in [3.8, 4) is 5.75 Å². The van der Waals surface area contributed by atoms with Crippen molar-refractivity contribution >= 4 is 35.0 Å². The van der Waals surface area contributed by atoms with E-state index in [0.29, 0.717) is 41.5 Å². The van der Waals surface area contributed by atoms with E-state index in [1.165, 1.54) is 7.11 Å². The van der Waals surface area contributed by atoms with Gasteiger partial charge in [-0.3, -0.25) is 19.3 Å². The molecule has 186 valence electrons. The minimum absolute atomic E-state index is 0.0914. The number of hydrogen-bond donors (Lipinski definition) is 2. The molecule has 2 aliphatic heterocycles. The van der Waals surface area contributed by atoms with Crippen LogP contribution in [0.15, 0.2) is 42.5 Å². The van der Waals surface area contributed by atoms with Crippen LogP contribution in [0.2, 0.25) is 5.02 Å². The minimum atomic E-state index is -0.565. The number of piperidine rings is 1. The number of nitrogens with one attached hydrogen (secondary N) is 1. The Morgan fingerprint density at radius 1 is 1.09 bits per heavy atom. The summed E-state index contributed by atoms with van der Waals surface area (Å²) in [6.45, 7) is 2.83. The molecule has 2 heterocycles.